The van der Waals surface area contributed by atoms with E-state index in [1.165, 1.54) is 5.56 Å². The Labute approximate surface area is 129 Å². The number of hydrogen-bond acceptors (Lipinski definition) is 2. The van der Waals surface area contributed by atoms with Crippen molar-refractivity contribution in [3.8, 4) is 11.3 Å². The molecule has 20 heavy (non-hydrogen) atoms. The number of rotatable bonds is 3. The molecule has 0 atom stereocenters. The molecule has 2 aromatic rings. The largest absolute Gasteiger partial charge is 0.324 e. The lowest BCUT2D eigenvalue weighted by Gasteiger charge is -2.18. The van der Waals surface area contributed by atoms with Crippen LogP contribution < -0.4 is 5.32 Å². The second kappa shape index (κ2) is 5.70. The van der Waals surface area contributed by atoms with E-state index >= 15 is 0 Å². The quantitative estimate of drug-likeness (QED) is 0.922. The minimum Gasteiger partial charge on any atom is -0.324 e. The van der Waals surface area contributed by atoms with Gasteiger partial charge in [0, 0.05) is 12.6 Å². The molecule has 0 aliphatic carbocycles. The highest BCUT2D eigenvalue weighted by atomic mass is 79.9. The molecule has 0 unspecified atom stereocenters. The van der Waals surface area contributed by atoms with E-state index in [0.29, 0.717) is 0 Å². The molecule has 0 bridgehead atoms. The van der Waals surface area contributed by atoms with Crippen LogP contribution in [-0.4, -0.2) is 16.6 Å². The second-order valence-electron chi connectivity index (χ2n) is 6.08. The Morgan fingerprint density at radius 3 is 2.30 bits per heavy atom. The van der Waals surface area contributed by atoms with Crippen LogP contribution in [0.5, 0.6) is 0 Å². The van der Waals surface area contributed by atoms with Crippen LogP contribution in [-0.2, 0) is 19.0 Å². The maximum atomic E-state index is 4.71. The number of nitrogens with zero attached hydrogens (tertiary/aromatic N) is 2. The van der Waals surface area contributed by atoms with Gasteiger partial charge in [0.2, 0.25) is 0 Å². The van der Waals surface area contributed by atoms with Gasteiger partial charge < -0.3 is 9.88 Å². The van der Waals surface area contributed by atoms with E-state index in [-0.39, 0.29) is 5.41 Å². The number of aromatic nitrogens is 2. The zero-order valence-corrected chi connectivity index (χ0v) is 14.4. The van der Waals surface area contributed by atoms with Crippen LogP contribution in [0.3, 0.4) is 0 Å². The fraction of sp³-hybridized carbons (Fsp3) is 0.438. The second-order valence-corrected chi connectivity index (χ2v) is 6.84. The van der Waals surface area contributed by atoms with Gasteiger partial charge in [-0.3, -0.25) is 0 Å². The maximum absolute atomic E-state index is 4.71. The third-order valence-corrected chi connectivity index (χ3v) is 4.38. The van der Waals surface area contributed by atoms with Gasteiger partial charge in [-0.15, -0.1) is 0 Å². The molecule has 0 fully saturated rings. The lowest BCUT2D eigenvalue weighted by Crippen LogP contribution is -2.10. The van der Waals surface area contributed by atoms with Crippen LogP contribution in [0.15, 0.2) is 28.9 Å². The summed E-state index contributed by atoms with van der Waals surface area (Å²) in [7, 11) is 3.96. The average Bonchev–Trinajstić information content (AvgIpc) is 2.67. The summed E-state index contributed by atoms with van der Waals surface area (Å²) in [5.41, 5.74) is 3.65. The first kappa shape index (κ1) is 15.3. The molecule has 0 aliphatic heterocycles. The predicted octanol–water partition coefficient (Wildman–Crippen LogP) is 3.87. The van der Waals surface area contributed by atoms with Gasteiger partial charge >= 0.3 is 0 Å². The lowest BCUT2D eigenvalue weighted by atomic mass is 9.86. The Bertz CT molecular complexity index is 591. The van der Waals surface area contributed by atoms with Crippen LogP contribution in [0.25, 0.3) is 11.3 Å². The number of imidazole rings is 1. The Balaban J connectivity index is 2.39. The molecule has 4 heteroatoms. The predicted molar refractivity (Wildman–Crippen MR) is 87.8 cm³/mol. The molecule has 0 amide bonds. The topological polar surface area (TPSA) is 29.9 Å². The Morgan fingerprint density at radius 1 is 1.20 bits per heavy atom. The highest BCUT2D eigenvalue weighted by molar-refractivity contribution is 9.10. The van der Waals surface area contributed by atoms with E-state index < -0.39 is 0 Å². The summed E-state index contributed by atoms with van der Waals surface area (Å²) in [4.78, 5) is 4.71. The lowest BCUT2D eigenvalue weighted by molar-refractivity contribution is 0.590. The monoisotopic (exact) mass is 335 g/mol. The van der Waals surface area contributed by atoms with Gasteiger partial charge in [0.15, 0.2) is 0 Å². The van der Waals surface area contributed by atoms with Gasteiger partial charge in [-0.1, -0.05) is 45.0 Å². The fourth-order valence-electron chi connectivity index (χ4n) is 2.15. The zero-order chi connectivity index (χ0) is 14.9. The molecule has 0 radical (unpaired) electrons. The summed E-state index contributed by atoms with van der Waals surface area (Å²) in [5.74, 6) is 1.02. The number of nitrogens with one attached hydrogen (secondary N) is 1. The van der Waals surface area contributed by atoms with Crippen molar-refractivity contribution in [1.29, 1.82) is 0 Å². The smallest absolute Gasteiger partial charge is 0.124 e. The van der Waals surface area contributed by atoms with Crippen molar-refractivity contribution in [3.05, 3.63) is 40.3 Å². The van der Waals surface area contributed by atoms with Crippen molar-refractivity contribution < 1.29 is 0 Å². The van der Waals surface area contributed by atoms with Crippen molar-refractivity contribution in [2.45, 2.75) is 32.7 Å². The van der Waals surface area contributed by atoms with Gasteiger partial charge in [0.05, 0.1) is 6.54 Å². The minimum absolute atomic E-state index is 0.178. The fourth-order valence-corrected chi connectivity index (χ4v) is 2.67. The third kappa shape index (κ3) is 2.96. The van der Waals surface area contributed by atoms with Crippen molar-refractivity contribution in [2.24, 2.45) is 7.05 Å². The summed E-state index contributed by atoms with van der Waals surface area (Å²) in [6.45, 7) is 7.44. The Kier molecular flexibility index (Phi) is 4.35. The van der Waals surface area contributed by atoms with Crippen LogP contribution in [0.4, 0.5) is 0 Å². The van der Waals surface area contributed by atoms with Crippen LogP contribution in [0, 0.1) is 0 Å². The minimum atomic E-state index is 0.178. The van der Waals surface area contributed by atoms with Crippen LogP contribution in [0.1, 0.15) is 32.2 Å². The molecule has 0 saturated heterocycles. The van der Waals surface area contributed by atoms with Crippen LogP contribution in [0.2, 0.25) is 0 Å². The van der Waals surface area contributed by atoms with Gasteiger partial charge in [0.25, 0.3) is 0 Å². The summed E-state index contributed by atoms with van der Waals surface area (Å²) in [6, 6.07) is 8.68. The Morgan fingerprint density at radius 2 is 1.80 bits per heavy atom. The summed E-state index contributed by atoms with van der Waals surface area (Å²) in [6.07, 6.45) is 0. The summed E-state index contributed by atoms with van der Waals surface area (Å²) >= 11 is 3.64. The average molecular weight is 336 g/mol. The van der Waals surface area contributed by atoms with Crippen LogP contribution >= 0.6 is 15.9 Å². The molecule has 0 saturated carbocycles. The number of halogens is 1. The maximum Gasteiger partial charge on any atom is 0.124 e. The summed E-state index contributed by atoms with van der Waals surface area (Å²) < 4.78 is 3.09. The first-order chi connectivity index (χ1) is 9.34. The highest BCUT2D eigenvalue weighted by Crippen LogP contribution is 2.30. The molecule has 1 N–H and O–H groups in total. The van der Waals surface area contributed by atoms with Crippen molar-refractivity contribution >= 4 is 15.9 Å². The van der Waals surface area contributed by atoms with Gasteiger partial charge in [-0.25, -0.2) is 4.98 Å². The molecule has 1 aromatic carbocycles. The molecule has 1 aromatic heterocycles. The van der Waals surface area contributed by atoms with Crippen molar-refractivity contribution in [2.75, 3.05) is 7.05 Å². The number of benzene rings is 1. The normalized spacial score (nSPS) is 11.9. The molecule has 2 rings (SSSR count). The van der Waals surface area contributed by atoms with E-state index in [2.05, 4.69) is 70.9 Å². The summed E-state index contributed by atoms with van der Waals surface area (Å²) in [5, 5.41) is 3.14. The first-order valence-corrected chi connectivity index (χ1v) is 7.60. The molecule has 0 aliphatic rings. The molecule has 108 valence electrons. The van der Waals surface area contributed by atoms with E-state index in [0.717, 1.165) is 28.2 Å². The van der Waals surface area contributed by atoms with Gasteiger partial charge in [-0.2, -0.15) is 0 Å². The van der Waals surface area contributed by atoms with E-state index in [9.17, 15) is 0 Å². The molecule has 1 heterocycles. The highest BCUT2D eigenvalue weighted by Gasteiger charge is 2.16. The molecule has 0 spiro atoms. The zero-order valence-electron chi connectivity index (χ0n) is 12.8. The Hall–Kier alpha value is -1.13. The van der Waals surface area contributed by atoms with Gasteiger partial charge in [-0.05, 0) is 34.0 Å². The molecular formula is C16H22BrN3. The van der Waals surface area contributed by atoms with E-state index in [4.69, 9.17) is 4.98 Å². The van der Waals surface area contributed by atoms with Crippen molar-refractivity contribution in [3.63, 3.8) is 0 Å². The van der Waals surface area contributed by atoms with E-state index in [1.807, 2.05) is 14.1 Å². The van der Waals surface area contributed by atoms with Crippen molar-refractivity contribution in [1.82, 2.24) is 14.9 Å². The standard InChI is InChI=1S/C16H22BrN3/c1-16(2,3)12-8-6-11(7-9-12)14-15(17)20(5)13(19-14)10-18-4/h6-9,18H,10H2,1-5H3. The molecule has 3 nitrogen and oxygen atoms in total. The van der Waals surface area contributed by atoms with E-state index in [1.54, 1.807) is 0 Å². The first-order valence-electron chi connectivity index (χ1n) is 6.81. The third-order valence-electron chi connectivity index (χ3n) is 3.48. The SMILES string of the molecule is CNCc1nc(-c2ccc(C(C)(C)C)cc2)c(Br)n1C. The van der Waals surface area contributed by atoms with Gasteiger partial charge in [0.1, 0.15) is 16.1 Å². The number of hydrogen-bond donors (Lipinski definition) is 1. The molecular weight excluding hydrogens is 314 g/mol.